The van der Waals surface area contributed by atoms with Crippen LogP contribution in [0, 0.1) is 13.8 Å². The van der Waals surface area contributed by atoms with Gasteiger partial charge in [-0.05, 0) is 31.5 Å². The Morgan fingerprint density at radius 3 is 2.55 bits per heavy atom. The van der Waals surface area contributed by atoms with E-state index in [2.05, 4.69) is 15.0 Å². The number of imidazole rings is 1. The highest BCUT2D eigenvalue weighted by Crippen LogP contribution is 2.15. The predicted octanol–water partition coefficient (Wildman–Crippen LogP) is 2.05. The first-order valence-electron chi connectivity index (χ1n) is 6.92. The summed E-state index contributed by atoms with van der Waals surface area (Å²) in [6.45, 7) is 3.91. The summed E-state index contributed by atoms with van der Waals surface area (Å²) in [6, 6.07) is 7.97. The standard InChI is InChI=1S/C16H13N5O/c1-10-3-5-12(6-4-10)21-9-18-13-14(21)19-16-17-7-11(2)8-20(16)15(13)22/h3-9H,1-2H3. The van der Waals surface area contributed by atoms with Gasteiger partial charge in [-0.3, -0.25) is 9.36 Å². The molecule has 3 aromatic heterocycles. The molecule has 0 amide bonds. The van der Waals surface area contributed by atoms with Gasteiger partial charge in [0.25, 0.3) is 5.56 Å². The molecule has 3 heterocycles. The summed E-state index contributed by atoms with van der Waals surface area (Å²) in [5.41, 5.74) is 3.63. The van der Waals surface area contributed by atoms with Gasteiger partial charge in [0, 0.05) is 18.1 Å². The van der Waals surface area contributed by atoms with E-state index < -0.39 is 0 Å². The molecule has 0 aliphatic heterocycles. The van der Waals surface area contributed by atoms with Crippen molar-refractivity contribution in [1.82, 2.24) is 23.9 Å². The molecule has 1 aromatic carbocycles. The minimum Gasteiger partial charge on any atom is -0.283 e. The van der Waals surface area contributed by atoms with E-state index in [1.165, 1.54) is 9.96 Å². The zero-order valence-corrected chi connectivity index (χ0v) is 12.2. The van der Waals surface area contributed by atoms with Crippen molar-refractivity contribution in [2.24, 2.45) is 0 Å². The van der Waals surface area contributed by atoms with Crippen LogP contribution in [-0.2, 0) is 0 Å². The van der Waals surface area contributed by atoms with Crippen molar-refractivity contribution in [3.63, 3.8) is 0 Å². The highest BCUT2D eigenvalue weighted by atomic mass is 16.1. The Labute approximate surface area is 125 Å². The van der Waals surface area contributed by atoms with Gasteiger partial charge in [0.2, 0.25) is 5.78 Å². The van der Waals surface area contributed by atoms with E-state index in [4.69, 9.17) is 0 Å². The smallest absolute Gasteiger partial charge is 0.283 e. The fourth-order valence-corrected chi connectivity index (χ4v) is 2.45. The van der Waals surface area contributed by atoms with Crippen molar-refractivity contribution in [3.8, 4) is 5.69 Å². The summed E-state index contributed by atoms with van der Waals surface area (Å²) in [4.78, 5) is 25.5. The maximum atomic E-state index is 12.5. The number of nitrogens with zero attached hydrogens (tertiary/aromatic N) is 5. The van der Waals surface area contributed by atoms with Gasteiger partial charge in [0.05, 0.1) is 0 Å². The molecule has 6 heteroatoms. The summed E-state index contributed by atoms with van der Waals surface area (Å²) < 4.78 is 3.24. The maximum Gasteiger partial charge on any atom is 0.287 e. The minimum absolute atomic E-state index is 0.206. The minimum atomic E-state index is -0.206. The third-order valence-electron chi connectivity index (χ3n) is 3.61. The Balaban J connectivity index is 2.07. The molecule has 0 bridgehead atoms. The molecule has 0 N–H and O–H groups in total. The van der Waals surface area contributed by atoms with Crippen molar-refractivity contribution >= 4 is 16.9 Å². The molecule has 0 aliphatic carbocycles. The Bertz CT molecular complexity index is 1060. The van der Waals surface area contributed by atoms with Gasteiger partial charge in [0.1, 0.15) is 6.33 Å². The third kappa shape index (κ3) is 1.81. The molecule has 0 saturated carbocycles. The van der Waals surface area contributed by atoms with Crippen molar-refractivity contribution in [2.45, 2.75) is 13.8 Å². The van der Waals surface area contributed by atoms with Crippen molar-refractivity contribution in [3.05, 3.63) is 64.5 Å². The van der Waals surface area contributed by atoms with Crippen LogP contribution in [0.5, 0.6) is 0 Å². The highest BCUT2D eigenvalue weighted by Gasteiger charge is 2.13. The molecule has 4 rings (SSSR count). The summed E-state index contributed by atoms with van der Waals surface area (Å²) in [5, 5.41) is 0. The van der Waals surface area contributed by atoms with Gasteiger partial charge in [-0.1, -0.05) is 17.7 Å². The van der Waals surface area contributed by atoms with Gasteiger partial charge in [-0.2, -0.15) is 4.98 Å². The molecule has 0 atom stereocenters. The maximum absolute atomic E-state index is 12.5. The van der Waals surface area contributed by atoms with E-state index in [9.17, 15) is 4.79 Å². The number of aryl methyl sites for hydroxylation is 2. The molecule has 0 radical (unpaired) electrons. The SMILES string of the molecule is Cc1ccc(-n2cnc3c(=O)n4cc(C)cnc4nc32)cc1. The summed E-state index contributed by atoms with van der Waals surface area (Å²) in [6.07, 6.45) is 5.04. The Morgan fingerprint density at radius 2 is 1.77 bits per heavy atom. The Kier molecular flexibility index (Phi) is 2.59. The quantitative estimate of drug-likeness (QED) is 0.538. The van der Waals surface area contributed by atoms with E-state index in [1.54, 1.807) is 23.3 Å². The van der Waals surface area contributed by atoms with Gasteiger partial charge < -0.3 is 0 Å². The zero-order chi connectivity index (χ0) is 15.3. The second kappa shape index (κ2) is 4.49. The van der Waals surface area contributed by atoms with Crippen LogP contribution in [0.25, 0.3) is 22.6 Å². The fraction of sp³-hybridized carbons (Fsp3) is 0.125. The van der Waals surface area contributed by atoms with E-state index in [0.717, 1.165) is 11.3 Å². The molecule has 0 saturated heterocycles. The fourth-order valence-electron chi connectivity index (χ4n) is 2.45. The molecule has 0 unspecified atom stereocenters. The molecule has 0 fully saturated rings. The number of hydrogen-bond acceptors (Lipinski definition) is 4. The molecule has 0 spiro atoms. The third-order valence-corrected chi connectivity index (χ3v) is 3.61. The first-order chi connectivity index (χ1) is 10.6. The summed E-state index contributed by atoms with van der Waals surface area (Å²) in [7, 11) is 0. The Morgan fingerprint density at radius 1 is 1.00 bits per heavy atom. The average molecular weight is 291 g/mol. The van der Waals surface area contributed by atoms with Gasteiger partial charge >= 0.3 is 0 Å². The number of benzene rings is 1. The van der Waals surface area contributed by atoms with Crippen LogP contribution in [0.2, 0.25) is 0 Å². The number of aromatic nitrogens is 5. The average Bonchev–Trinajstić information content (AvgIpc) is 2.93. The number of fused-ring (bicyclic) bond motifs is 2. The lowest BCUT2D eigenvalue weighted by atomic mass is 10.2. The molecular weight excluding hydrogens is 278 g/mol. The number of rotatable bonds is 1. The number of hydrogen-bond donors (Lipinski definition) is 0. The molecule has 22 heavy (non-hydrogen) atoms. The van der Waals surface area contributed by atoms with Gasteiger partial charge in [0.15, 0.2) is 11.2 Å². The lowest BCUT2D eigenvalue weighted by Crippen LogP contribution is -2.17. The van der Waals surface area contributed by atoms with Gasteiger partial charge in [-0.15, -0.1) is 0 Å². The lowest BCUT2D eigenvalue weighted by molar-refractivity contribution is 0.989. The van der Waals surface area contributed by atoms with Crippen molar-refractivity contribution in [2.75, 3.05) is 0 Å². The monoisotopic (exact) mass is 291 g/mol. The van der Waals surface area contributed by atoms with Crippen LogP contribution in [-0.4, -0.2) is 23.9 Å². The topological polar surface area (TPSA) is 65.1 Å². The molecule has 4 aromatic rings. The van der Waals surface area contributed by atoms with Crippen molar-refractivity contribution in [1.29, 1.82) is 0 Å². The molecular formula is C16H13N5O. The Hall–Kier alpha value is -3.02. The molecule has 6 nitrogen and oxygen atoms in total. The van der Waals surface area contributed by atoms with Crippen LogP contribution < -0.4 is 5.56 Å². The highest BCUT2D eigenvalue weighted by molar-refractivity contribution is 5.73. The first-order valence-corrected chi connectivity index (χ1v) is 6.92. The van der Waals surface area contributed by atoms with Gasteiger partial charge in [-0.25, -0.2) is 14.4 Å². The second-order valence-corrected chi connectivity index (χ2v) is 5.34. The van der Waals surface area contributed by atoms with Crippen LogP contribution in [0.3, 0.4) is 0 Å². The van der Waals surface area contributed by atoms with E-state index in [1.807, 2.05) is 38.1 Å². The molecule has 108 valence electrons. The second-order valence-electron chi connectivity index (χ2n) is 5.34. The van der Waals surface area contributed by atoms with Crippen LogP contribution >= 0.6 is 0 Å². The van der Waals surface area contributed by atoms with Crippen LogP contribution in [0.1, 0.15) is 11.1 Å². The van der Waals surface area contributed by atoms with Crippen LogP contribution in [0.4, 0.5) is 0 Å². The van der Waals surface area contributed by atoms with E-state index >= 15 is 0 Å². The van der Waals surface area contributed by atoms with Crippen molar-refractivity contribution < 1.29 is 0 Å². The predicted molar refractivity (Wildman–Crippen MR) is 83.4 cm³/mol. The largest absolute Gasteiger partial charge is 0.287 e. The first kappa shape index (κ1) is 12.7. The van der Waals surface area contributed by atoms with Crippen LogP contribution in [0.15, 0.2) is 47.8 Å². The summed E-state index contributed by atoms with van der Waals surface area (Å²) in [5.74, 6) is 0.372. The van der Waals surface area contributed by atoms with E-state index in [0.29, 0.717) is 16.9 Å². The normalized spacial score (nSPS) is 11.4. The zero-order valence-electron chi connectivity index (χ0n) is 12.2. The lowest BCUT2D eigenvalue weighted by Gasteiger charge is -2.05. The van der Waals surface area contributed by atoms with E-state index in [-0.39, 0.29) is 5.56 Å². The molecule has 0 aliphatic rings. The summed E-state index contributed by atoms with van der Waals surface area (Å²) >= 11 is 0.